The average molecular weight is 379 g/mol. The van der Waals surface area contributed by atoms with Crippen molar-refractivity contribution < 1.29 is 4.74 Å². The fourth-order valence-corrected chi connectivity index (χ4v) is 2.80. The van der Waals surface area contributed by atoms with Crippen LogP contribution in [0.15, 0.2) is 30.3 Å². The van der Waals surface area contributed by atoms with Gasteiger partial charge in [0.15, 0.2) is 0 Å². The van der Waals surface area contributed by atoms with E-state index in [4.69, 9.17) is 51.1 Å². The maximum absolute atomic E-state index is 6.22. The molecule has 2 aromatic carbocycles. The highest BCUT2D eigenvalue weighted by Gasteiger charge is 2.11. The lowest BCUT2D eigenvalue weighted by molar-refractivity contribution is 0.314. The first kappa shape index (κ1) is 17.6. The van der Waals surface area contributed by atoms with E-state index in [1.807, 2.05) is 19.1 Å². The molecule has 6 heteroatoms. The van der Waals surface area contributed by atoms with Crippen LogP contribution in [0.25, 0.3) is 0 Å². The molecule has 2 rings (SSSR count). The summed E-state index contributed by atoms with van der Waals surface area (Å²) in [6.07, 6.45) is 0.901. The molecule has 0 aliphatic rings. The summed E-state index contributed by atoms with van der Waals surface area (Å²) in [6.45, 7) is 3.15. The maximum Gasteiger partial charge on any atom is 0.142 e. The van der Waals surface area contributed by atoms with E-state index in [0.717, 1.165) is 17.7 Å². The standard InChI is InChI=1S/C16H15Cl4NO/c1-2-5-22-16-10(6-11(17)7-15(16)20)9-21-12-3-4-13(18)14(19)8-12/h3-4,6-8,21H,2,5,9H2,1H3. The lowest BCUT2D eigenvalue weighted by atomic mass is 10.2. The van der Waals surface area contributed by atoms with E-state index in [2.05, 4.69) is 5.32 Å². The van der Waals surface area contributed by atoms with Crippen LogP contribution in [-0.4, -0.2) is 6.61 Å². The van der Waals surface area contributed by atoms with Crippen molar-refractivity contribution in [3.8, 4) is 5.75 Å². The summed E-state index contributed by atoms with van der Waals surface area (Å²) in [4.78, 5) is 0. The number of anilines is 1. The second kappa shape index (κ2) is 8.16. The van der Waals surface area contributed by atoms with Crippen LogP contribution < -0.4 is 10.1 Å². The first-order valence-electron chi connectivity index (χ1n) is 6.81. The third-order valence-corrected chi connectivity index (χ3v) is 4.18. The summed E-state index contributed by atoms with van der Waals surface area (Å²) < 4.78 is 5.73. The van der Waals surface area contributed by atoms with E-state index >= 15 is 0 Å². The van der Waals surface area contributed by atoms with Crippen LogP contribution in [0.1, 0.15) is 18.9 Å². The molecule has 0 heterocycles. The van der Waals surface area contributed by atoms with Gasteiger partial charge in [-0.2, -0.15) is 0 Å². The summed E-state index contributed by atoms with van der Waals surface area (Å²) in [5, 5.41) is 5.35. The lowest BCUT2D eigenvalue weighted by Gasteiger charge is -2.15. The van der Waals surface area contributed by atoms with Gasteiger partial charge >= 0.3 is 0 Å². The number of ether oxygens (including phenoxy) is 1. The molecule has 0 saturated carbocycles. The van der Waals surface area contributed by atoms with Crippen molar-refractivity contribution in [2.24, 2.45) is 0 Å². The highest BCUT2D eigenvalue weighted by atomic mass is 35.5. The first-order valence-corrected chi connectivity index (χ1v) is 8.32. The van der Waals surface area contributed by atoms with Gasteiger partial charge in [0.2, 0.25) is 0 Å². The van der Waals surface area contributed by atoms with Crippen LogP contribution in [0.5, 0.6) is 5.75 Å². The SMILES string of the molecule is CCCOc1c(Cl)cc(Cl)cc1CNc1ccc(Cl)c(Cl)c1. The molecule has 0 spiro atoms. The zero-order valence-electron chi connectivity index (χ0n) is 11.9. The van der Waals surface area contributed by atoms with E-state index < -0.39 is 0 Å². The van der Waals surface area contributed by atoms with Crippen molar-refractivity contribution in [2.75, 3.05) is 11.9 Å². The Morgan fingerprint density at radius 1 is 0.955 bits per heavy atom. The monoisotopic (exact) mass is 377 g/mol. The number of hydrogen-bond acceptors (Lipinski definition) is 2. The predicted octanol–water partition coefficient (Wildman–Crippen LogP) is 6.70. The van der Waals surface area contributed by atoms with E-state index in [-0.39, 0.29) is 0 Å². The van der Waals surface area contributed by atoms with Crippen LogP contribution >= 0.6 is 46.4 Å². The Morgan fingerprint density at radius 2 is 1.73 bits per heavy atom. The number of rotatable bonds is 6. The zero-order chi connectivity index (χ0) is 16.1. The minimum Gasteiger partial charge on any atom is -0.492 e. The molecular formula is C16H15Cl4NO. The van der Waals surface area contributed by atoms with Crippen molar-refractivity contribution >= 4 is 52.1 Å². The molecule has 0 radical (unpaired) electrons. The molecule has 22 heavy (non-hydrogen) atoms. The number of benzene rings is 2. The molecule has 0 unspecified atom stereocenters. The molecule has 2 nitrogen and oxygen atoms in total. The first-order chi connectivity index (χ1) is 10.5. The quantitative estimate of drug-likeness (QED) is 0.603. The van der Waals surface area contributed by atoms with E-state index in [1.54, 1.807) is 18.2 Å². The topological polar surface area (TPSA) is 21.3 Å². The summed E-state index contributed by atoms with van der Waals surface area (Å²) in [5.74, 6) is 0.653. The molecular weight excluding hydrogens is 364 g/mol. The van der Waals surface area contributed by atoms with Gasteiger partial charge in [-0.15, -0.1) is 0 Å². The average Bonchev–Trinajstić information content (AvgIpc) is 2.47. The fraction of sp³-hybridized carbons (Fsp3) is 0.250. The summed E-state index contributed by atoms with van der Waals surface area (Å²) in [5.41, 5.74) is 1.74. The van der Waals surface area contributed by atoms with Crippen LogP contribution in [-0.2, 0) is 6.54 Å². The Labute approximate surface area is 150 Å². The molecule has 0 fully saturated rings. The van der Waals surface area contributed by atoms with Gasteiger partial charge in [-0.05, 0) is 36.8 Å². The second-order valence-electron chi connectivity index (χ2n) is 4.71. The van der Waals surface area contributed by atoms with Crippen LogP contribution in [0.4, 0.5) is 5.69 Å². The van der Waals surface area contributed by atoms with Gasteiger partial charge in [0.25, 0.3) is 0 Å². The molecule has 0 bridgehead atoms. The molecule has 118 valence electrons. The predicted molar refractivity (Wildman–Crippen MR) is 96.0 cm³/mol. The third-order valence-electron chi connectivity index (χ3n) is 2.94. The summed E-state index contributed by atoms with van der Waals surface area (Å²) >= 11 is 24.2. The molecule has 0 aliphatic heterocycles. The van der Waals surface area contributed by atoms with E-state index in [9.17, 15) is 0 Å². The molecule has 0 amide bonds. The highest BCUT2D eigenvalue weighted by Crippen LogP contribution is 2.33. The molecule has 0 aromatic heterocycles. The van der Waals surface area contributed by atoms with Gasteiger partial charge in [0.05, 0.1) is 21.7 Å². The van der Waals surface area contributed by atoms with Crippen LogP contribution in [0.3, 0.4) is 0 Å². The largest absolute Gasteiger partial charge is 0.492 e. The fourth-order valence-electron chi connectivity index (χ4n) is 1.91. The van der Waals surface area contributed by atoms with E-state index in [1.165, 1.54) is 0 Å². The Kier molecular flexibility index (Phi) is 6.51. The summed E-state index contributed by atoms with van der Waals surface area (Å²) in [6, 6.07) is 8.88. The lowest BCUT2D eigenvalue weighted by Crippen LogP contribution is -2.05. The maximum atomic E-state index is 6.22. The molecule has 0 saturated heterocycles. The number of halogens is 4. The zero-order valence-corrected chi connectivity index (χ0v) is 15.0. The Hall–Kier alpha value is -0.800. The highest BCUT2D eigenvalue weighted by molar-refractivity contribution is 6.42. The molecule has 0 aliphatic carbocycles. The molecule has 2 aromatic rings. The van der Waals surface area contributed by atoms with Crippen LogP contribution in [0.2, 0.25) is 20.1 Å². The summed E-state index contributed by atoms with van der Waals surface area (Å²) in [7, 11) is 0. The third kappa shape index (κ3) is 4.60. The van der Waals surface area contributed by atoms with Gasteiger partial charge in [-0.1, -0.05) is 53.3 Å². The Morgan fingerprint density at radius 3 is 2.41 bits per heavy atom. The van der Waals surface area contributed by atoms with Gasteiger partial charge in [-0.25, -0.2) is 0 Å². The van der Waals surface area contributed by atoms with Crippen molar-refractivity contribution in [1.29, 1.82) is 0 Å². The smallest absolute Gasteiger partial charge is 0.142 e. The van der Waals surface area contributed by atoms with Gasteiger partial charge in [-0.3, -0.25) is 0 Å². The van der Waals surface area contributed by atoms with Gasteiger partial charge < -0.3 is 10.1 Å². The number of hydrogen-bond donors (Lipinski definition) is 1. The van der Waals surface area contributed by atoms with Crippen molar-refractivity contribution in [1.82, 2.24) is 0 Å². The second-order valence-corrected chi connectivity index (χ2v) is 6.36. The van der Waals surface area contributed by atoms with Gasteiger partial charge in [0, 0.05) is 22.8 Å². The Balaban J connectivity index is 2.18. The Bertz CT molecular complexity index is 661. The normalized spacial score (nSPS) is 10.6. The van der Waals surface area contributed by atoms with E-state index in [0.29, 0.717) is 39.0 Å². The van der Waals surface area contributed by atoms with Crippen LogP contribution in [0, 0.1) is 0 Å². The minimum absolute atomic E-state index is 0.498. The molecule has 0 atom stereocenters. The van der Waals surface area contributed by atoms with Crippen molar-refractivity contribution in [2.45, 2.75) is 19.9 Å². The van der Waals surface area contributed by atoms with Crippen molar-refractivity contribution in [3.05, 3.63) is 56.0 Å². The van der Waals surface area contributed by atoms with Gasteiger partial charge in [0.1, 0.15) is 5.75 Å². The van der Waals surface area contributed by atoms with Crippen molar-refractivity contribution in [3.63, 3.8) is 0 Å². The number of nitrogens with one attached hydrogen (secondary N) is 1. The minimum atomic E-state index is 0.498. The molecule has 1 N–H and O–H groups in total.